The number of nitrogens with zero attached hydrogens (tertiary/aromatic N) is 1. The Morgan fingerprint density at radius 2 is 2.19 bits per heavy atom. The Morgan fingerprint density at radius 1 is 1.50 bits per heavy atom. The lowest BCUT2D eigenvalue weighted by Gasteiger charge is -2.19. The molecule has 6 heteroatoms. The number of aromatic nitrogens is 2. The van der Waals surface area contributed by atoms with Gasteiger partial charge < -0.3 is 10.1 Å². The smallest absolute Gasteiger partial charge is 0.328 e. The number of methoxy groups -OCH3 is 1. The van der Waals surface area contributed by atoms with Gasteiger partial charge in [0, 0.05) is 6.20 Å². The highest BCUT2D eigenvalue weighted by Gasteiger charge is 2.25. The number of carbonyl (C=O) groups excluding carboxylic acids is 2. The van der Waals surface area contributed by atoms with Gasteiger partial charge in [-0.1, -0.05) is 13.8 Å². The minimum atomic E-state index is -0.646. The molecule has 16 heavy (non-hydrogen) atoms. The zero-order valence-corrected chi connectivity index (χ0v) is 9.48. The standard InChI is InChI=1S/C10H15N3O3/c1-6(2)8(10(15)16-3)13-9(14)7-4-11-12-5-7/h4-6,8H,1-3H3,(H,11,12)(H,13,14). The molecule has 88 valence electrons. The molecular weight excluding hydrogens is 210 g/mol. The summed E-state index contributed by atoms with van der Waals surface area (Å²) >= 11 is 0. The molecule has 6 nitrogen and oxygen atoms in total. The Bertz CT molecular complexity index is 359. The number of amides is 1. The highest BCUT2D eigenvalue weighted by molar-refractivity contribution is 5.96. The maximum absolute atomic E-state index is 11.7. The van der Waals surface area contributed by atoms with E-state index in [4.69, 9.17) is 0 Å². The fraction of sp³-hybridized carbons (Fsp3) is 0.500. The third-order valence-electron chi connectivity index (χ3n) is 2.17. The third-order valence-corrected chi connectivity index (χ3v) is 2.17. The van der Waals surface area contributed by atoms with E-state index < -0.39 is 12.0 Å². The Balaban J connectivity index is 2.69. The molecule has 0 radical (unpaired) electrons. The number of hydrogen-bond acceptors (Lipinski definition) is 4. The molecule has 1 amide bonds. The van der Waals surface area contributed by atoms with Crippen LogP contribution in [0.4, 0.5) is 0 Å². The number of rotatable bonds is 4. The average molecular weight is 225 g/mol. The predicted octanol–water partition coefficient (Wildman–Crippen LogP) is 0.337. The van der Waals surface area contributed by atoms with E-state index in [0.29, 0.717) is 5.56 Å². The number of aromatic amines is 1. The molecule has 1 aromatic rings. The van der Waals surface area contributed by atoms with Crippen molar-refractivity contribution in [2.45, 2.75) is 19.9 Å². The largest absolute Gasteiger partial charge is 0.467 e. The van der Waals surface area contributed by atoms with Gasteiger partial charge in [0.1, 0.15) is 6.04 Å². The summed E-state index contributed by atoms with van der Waals surface area (Å²) in [6, 6.07) is -0.646. The van der Waals surface area contributed by atoms with Gasteiger partial charge in [0.05, 0.1) is 18.9 Å². The minimum absolute atomic E-state index is 0.0386. The van der Waals surface area contributed by atoms with Gasteiger partial charge in [0.25, 0.3) is 5.91 Å². The van der Waals surface area contributed by atoms with E-state index in [1.165, 1.54) is 19.5 Å². The first-order valence-corrected chi connectivity index (χ1v) is 4.93. The lowest BCUT2D eigenvalue weighted by atomic mass is 10.0. The van der Waals surface area contributed by atoms with Gasteiger partial charge in [0.2, 0.25) is 0 Å². The molecule has 1 rings (SSSR count). The monoisotopic (exact) mass is 225 g/mol. The highest BCUT2D eigenvalue weighted by atomic mass is 16.5. The van der Waals surface area contributed by atoms with E-state index in [1.807, 2.05) is 13.8 Å². The quantitative estimate of drug-likeness (QED) is 0.723. The van der Waals surface area contributed by atoms with Crippen molar-refractivity contribution >= 4 is 11.9 Å². The fourth-order valence-electron chi connectivity index (χ4n) is 1.22. The molecule has 0 aromatic carbocycles. The summed E-state index contributed by atoms with van der Waals surface area (Å²) in [5.41, 5.74) is 0.384. The maximum atomic E-state index is 11.7. The Labute approximate surface area is 93.4 Å². The normalized spacial score (nSPS) is 12.2. The van der Waals surface area contributed by atoms with Gasteiger partial charge in [-0.2, -0.15) is 5.10 Å². The van der Waals surface area contributed by atoms with Crippen LogP contribution < -0.4 is 5.32 Å². The number of esters is 1. The summed E-state index contributed by atoms with van der Waals surface area (Å²) < 4.78 is 4.61. The Hall–Kier alpha value is -1.85. The molecule has 0 aliphatic carbocycles. The molecular formula is C10H15N3O3. The summed E-state index contributed by atoms with van der Waals surface area (Å²) in [7, 11) is 1.29. The zero-order valence-electron chi connectivity index (χ0n) is 9.48. The van der Waals surface area contributed by atoms with Crippen molar-refractivity contribution in [2.24, 2.45) is 5.92 Å². The van der Waals surface area contributed by atoms with E-state index in [1.54, 1.807) is 0 Å². The van der Waals surface area contributed by atoms with Gasteiger partial charge in [-0.05, 0) is 5.92 Å². The lowest BCUT2D eigenvalue weighted by molar-refractivity contribution is -0.144. The van der Waals surface area contributed by atoms with Crippen LogP contribution in [-0.2, 0) is 9.53 Å². The van der Waals surface area contributed by atoms with Gasteiger partial charge in [-0.25, -0.2) is 4.79 Å². The molecule has 0 fully saturated rings. The van der Waals surface area contributed by atoms with Crippen molar-refractivity contribution in [3.8, 4) is 0 Å². The van der Waals surface area contributed by atoms with E-state index in [0.717, 1.165) is 0 Å². The second-order valence-electron chi connectivity index (χ2n) is 3.71. The molecule has 1 unspecified atom stereocenters. The summed E-state index contributed by atoms with van der Waals surface area (Å²) in [6.07, 6.45) is 2.86. The molecule has 2 N–H and O–H groups in total. The van der Waals surface area contributed by atoms with Crippen molar-refractivity contribution in [1.82, 2.24) is 15.5 Å². The van der Waals surface area contributed by atoms with Gasteiger partial charge in [-0.3, -0.25) is 9.89 Å². The molecule has 1 heterocycles. The molecule has 0 aliphatic heterocycles. The van der Waals surface area contributed by atoms with Crippen molar-refractivity contribution in [3.63, 3.8) is 0 Å². The van der Waals surface area contributed by atoms with Crippen LogP contribution in [0.25, 0.3) is 0 Å². The van der Waals surface area contributed by atoms with Gasteiger partial charge in [-0.15, -0.1) is 0 Å². The lowest BCUT2D eigenvalue weighted by Crippen LogP contribution is -2.44. The third kappa shape index (κ3) is 2.82. The van der Waals surface area contributed by atoms with Crippen LogP contribution in [0.2, 0.25) is 0 Å². The first-order chi connectivity index (χ1) is 7.56. The van der Waals surface area contributed by atoms with Crippen LogP contribution in [0.3, 0.4) is 0 Å². The summed E-state index contributed by atoms with van der Waals surface area (Å²) in [4.78, 5) is 23.1. The topological polar surface area (TPSA) is 84.1 Å². The second-order valence-corrected chi connectivity index (χ2v) is 3.71. The van der Waals surface area contributed by atoms with E-state index >= 15 is 0 Å². The summed E-state index contributed by atoms with van der Waals surface area (Å²) in [5.74, 6) is -0.840. The first-order valence-electron chi connectivity index (χ1n) is 4.93. The maximum Gasteiger partial charge on any atom is 0.328 e. The number of H-pyrrole nitrogens is 1. The van der Waals surface area contributed by atoms with Crippen molar-refractivity contribution in [2.75, 3.05) is 7.11 Å². The van der Waals surface area contributed by atoms with Crippen molar-refractivity contribution in [1.29, 1.82) is 0 Å². The Morgan fingerprint density at radius 3 is 2.62 bits per heavy atom. The molecule has 0 saturated heterocycles. The van der Waals surface area contributed by atoms with E-state index in [-0.39, 0.29) is 11.8 Å². The molecule has 0 aliphatic rings. The van der Waals surface area contributed by atoms with Crippen LogP contribution in [0.15, 0.2) is 12.4 Å². The van der Waals surface area contributed by atoms with Gasteiger partial charge >= 0.3 is 5.97 Å². The molecule has 1 atom stereocenters. The molecule has 1 aromatic heterocycles. The molecule has 0 saturated carbocycles. The second kappa shape index (κ2) is 5.29. The summed E-state index contributed by atoms with van der Waals surface area (Å²) in [6.45, 7) is 3.66. The van der Waals surface area contributed by atoms with Gasteiger partial charge in [0.15, 0.2) is 0 Å². The van der Waals surface area contributed by atoms with E-state index in [9.17, 15) is 9.59 Å². The zero-order chi connectivity index (χ0) is 12.1. The van der Waals surface area contributed by atoms with Crippen LogP contribution in [-0.4, -0.2) is 35.2 Å². The van der Waals surface area contributed by atoms with Crippen LogP contribution in [0, 0.1) is 5.92 Å². The molecule has 0 spiro atoms. The van der Waals surface area contributed by atoms with Crippen molar-refractivity contribution in [3.05, 3.63) is 18.0 Å². The number of ether oxygens (including phenoxy) is 1. The minimum Gasteiger partial charge on any atom is -0.467 e. The van der Waals surface area contributed by atoms with Crippen molar-refractivity contribution < 1.29 is 14.3 Å². The van der Waals surface area contributed by atoms with Crippen LogP contribution in [0.5, 0.6) is 0 Å². The fourth-order valence-corrected chi connectivity index (χ4v) is 1.22. The molecule has 0 bridgehead atoms. The first kappa shape index (κ1) is 12.2. The van der Waals surface area contributed by atoms with Crippen LogP contribution >= 0.6 is 0 Å². The SMILES string of the molecule is COC(=O)C(NC(=O)c1cn[nH]c1)C(C)C. The van der Waals surface area contributed by atoms with Crippen LogP contribution in [0.1, 0.15) is 24.2 Å². The number of hydrogen-bond donors (Lipinski definition) is 2. The number of carbonyl (C=O) groups is 2. The number of nitrogens with one attached hydrogen (secondary N) is 2. The highest BCUT2D eigenvalue weighted by Crippen LogP contribution is 2.05. The average Bonchev–Trinajstić information content (AvgIpc) is 2.77. The summed E-state index contributed by atoms with van der Waals surface area (Å²) in [5, 5.41) is 8.78. The Kier molecular flexibility index (Phi) is 4.04. The van der Waals surface area contributed by atoms with E-state index in [2.05, 4.69) is 20.3 Å². The predicted molar refractivity (Wildman–Crippen MR) is 56.7 cm³/mol.